The number of hydrogen-bond donors (Lipinski definition) is 2. The summed E-state index contributed by atoms with van der Waals surface area (Å²) >= 11 is 6.82. The first kappa shape index (κ1) is 26.8. The topological polar surface area (TPSA) is 91.5 Å². The van der Waals surface area contributed by atoms with Crippen molar-refractivity contribution in [3.8, 4) is 6.07 Å². The molecule has 2 atom stereocenters. The Morgan fingerprint density at radius 3 is 2.61 bits per heavy atom. The van der Waals surface area contributed by atoms with E-state index in [4.69, 9.17) is 11.6 Å². The average molecular weight is 564 g/mol. The maximum Gasteiger partial charge on any atom is 0.148 e. The van der Waals surface area contributed by atoms with E-state index in [0.29, 0.717) is 39.2 Å². The molecule has 0 bridgehead atoms. The van der Waals surface area contributed by atoms with Crippen molar-refractivity contribution in [2.45, 2.75) is 43.7 Å². The van der Waals surface area contributed by atoms with E-state index in [9.17, 15) is 9.65 Å². The molecule has 1 fully saturated rings. The second-order valence-electron chi connectivity index (χ2n) is 10.6. The fourth-order valence-corrected chi connectivity index (χ4v) is 5.50. The maximum atomic E-state index is 13.9. The molecule has 1 aliphatic rings. The molecule has 0 spiro atoms. The Balaban J connectivity index is 1.46. The van der Waals surface area contributed by atoms with E-state index in [1.165, 1.54) is 12.1 Å². The van der Waals surface area contributed by atoms with E-state index in [0.717, 1.165) is 35.8 Å². The first-order chi connectivity index (χ1) is 19.9. The molecule has 0 aliphatic heterocycles. The Morgan fingerprint density at radius 1 is 1.17 bits per heavy atom. The molecule has 5 aromatic rings. The number of anilines is 2. The van der Waals surface area contributed by atoms with Crippen LogP contribution in [0.3, 0.4) is 0 Å². The minimum Gasteiger partial charge on any atom is -0.378 e. The maximum absolute atomic E-state index is 13.9. The minimum atomic E-state index is -0.859. The second-order valence-corrected chi connectivity index (χ2v) is 11.0. The number of fused-ring (bicyclic) bond motifs is 1. The van der Waals surface area contributed by atoms with Crippen molar-refractivity contribution in [1.82, 2.24) is 20.0 Å². The molecule has 0 saturated heterocycles. The van der Waals surface area contributed by atoms with Crippen LogP contribution >= 0.6 is 11.6 Å². The third kappa shape index (κ3) is 5.23. The molecule has 10 heteroatoms. The highest BCUT2D eigenvalue weighted by Crippen LogP contribution is 2.39. The van der Waals surface area contributed by atoms with Gasteiger partial charge in [-0.3, -0.25) is 4.98 Å². The predicted molar refractivity (Wildman–Crippen MR) is 162 cm³/mol. The van der Waals surface area contributed by atoms with Gasteiger partial charge in [-0.15, -0.1) is 5.10 Å². The lowest BCUT2D eigenvalue weighted by Gasteiger charge is -2.31. The van der Waals surface area contributed by atoms with Crippen molar-refractivity contribution in [3.05, 3.63) is 112 Å². The van der Waals surface area contributed by atoms with Crippen LogP contribution < -0.4 is 10.6 Å². The summed E-state index contributed by atoms with van der Waals surface area (Å²) in [6, 6.07) is 22.9. The molecule has 2 aromatic heterocycles. The smallest absolute Gasteiger partial charge is 0.148 e. The third-order valence-electron chi connectivity index (χ3n) is 7.73. The van der Waals surface area contributed by atoms with E-state index >= 15 is 0 Å². The number of nitriles is 1. The number of rotatable bonds is 9. The number of hydrogen-bond acceptors (Lipinski definition) is 6. The van der Waals surface area contributed by atoms with Crippen LogP contribution in [0.5, 0.6) is 0 Å². The zero-order valence-electron chi connectivity index (χ0n) is 22.8. The number of pyridine rings is 1. The van der Waals surface area contributed by atoms with Gasteiger partial charge < -0.3 is 10.6 Å². The largest absolute Gasteiger partial charge is 0.378 e. The quantitative estimate of drug-likeness (QED) is 0.204. The van der Waals surface area contributed by atoms with E-state index in [1.807, 2.05) is 49.1 Å². The molecule has 3 aromatic carbocycles. The summed E-state index contributed by atoms with van der Waals surface area (Å²) in [5, 5.41) is 27.3. The van der Waals surface area contributed by atoms with Gasteiger partial charge in [0.1, 0.15) is 25.4 Å². The third-order valence-corrected chi connectivity index (χ3v) is 8.02. The fourth-order valence-electron chi connectivity index (χ4n) is 5.23. The summed E-state index contributed by atoms with van der Waals surface area (Å²) in [5.74, 6) is -0.318. The number of halogens is 2. The van der Waals surface area contributed by atoms with Crippen LogP contribution in [-0.4, -0.2) is 27.8 Å². The normalized spacial score (nSPS) is 15.2. The van der Waals surface area contributed by atoms with Crippen LogP contribution in [0.4, 0.5) is 15.8 Å². The zero-order chi connectivity index (χ0) is 28.6. The summed E-state index contributed by atoms with van der Waals surface area (Å²) < 4.78 is 15.8. The van der Waals surface area contributed by atoms with Crippen LogP contribution in [-0.2, 0) is 5.44 Å². The van der Waals surface area contributed by atoms with E-state index in [1.54, 1.807) is 18.3 Å². The molecule has 2 heterocycles. The van der Waals surface area contributed by atoms with Crippen LogP contribution in [0.1, 0.15) is 60.7 Å². The monoisotopic (exact) mass is 563 g/mol. The molecule has 6 rings (SSSR count). The Hall–Kier alpha value is -4.42. The summed E-state index contributed by atoms with van der Waals surface area (Å²) in [7, 11) is 1.99. The lowest BCUT2D eigenvalue weighted by Crippen LogP contribution is -2.37. The lowest BCUT2D eigenvalue weighted by atomic mass is 9.69. The van der Waals surface area contributed by atoms with Gasteiger partial charge in [0, 0.05) is 17.3 Å². The second kappa shape index (κ2) is 10.9. The first-order valence-corrected chi connectivity index (χ1v) is 14.1. The Kier molecular flexibility index (Phi) is 7.10. The van der Waals surface area contributed by atoms with E-state index in [-0.39, 0.29) is 11.9 Å². The fraction of sp³-hybridized carbons (Fsp3) is 0.226. The van der Waals surface area contributed by atoms with Gasteiger partial charge in [0.25, 0.3) is 0 Å². The van der Waals surface area contributed by atoms with Gasteiger partial charge >= 0.3 is 0 Å². The molecule has 7 nitrogen and oxygen atoms in total. The molecule has 1 aliphatic carbocycles. The highest BCUT2D eigenvalue weighted by molar-refractivity contribution is 6.36. The predicted octanol–water partition coefficient (Wildman–Crippen LogP) is 6.33. The van der Waals surface area contributed by atoms with Gasteiger partial charge in [-0.05, 0) is 54.7 Å². The van der Waals surface area contributed by atoms with E-state index in [2.05, 4.69) is 51.1 Å². The summed E-state index contributed by atoms with van der Waals surface area (Å²) in [6.45, 7) is 2.10. The van der Waals surface area contributed by atoms with Crippen molar-refractivity contribution in [1.29, 1.82) is 5.26 Å². The highest BCUT2D eigenvalue weighted by Gasteiger charge is 2.34. The molecule has 204 valence electrons. The van der Waals surface area contributed by atoms with Crippen LogP contribution in [0.15, 0.2) is 79.1 Å². The SMILES string of the molecule is BC(Nc1cc(Cl)c2ncc(C#N)c(N[C@H](CC)c3ccccc3)c2c1)(c1ccc(F)cc1)c1cn(C2CC2)nn1. The van der Waals surface area contributed by atoms with Gasteiger partial charge in [-0.1, -0.05) is 66.2 Å². The first-order valence-electron chi connectivity index (χ1n) is 13.7. The van der Waals surface area contributed by atoms with E-state index < -0.39 is 5.44 Å². The molecule has 0 amide bonds. The standard InChI is InChI=1S/C31H28BClFN7/c1-2-27(19-6-4-3-5-7-19)37-29-20(16-35)17-36-30-25(29)14-23(15-26(30)33)38-31(32,21-8-10-22(34)11-9-21)28-18-41(40-39-28)24-12-13-24/h3-11,14-15,17-18,24,27,38H,2,12-13,32H2,1H3,(H,36,37)/t27-,31?/m1/s1. The molecular formula is C31H28BClFN7. The Bertz CT molecular complexity index is 1750. The number of benzene rings is 3. The van der Waals surface area contributed by atoms with Gasteiger partial charge in [0.05, 0.1) is 45.5 Å². The molecule has 0 radical (unpaired) electrons. The molecule has 1 saturated carbocycles. The molecule has 41 heavy (non-hydrogen) atoms. The lowest BCUT2D eigenvalue weighted by molar-refractivity contribution is 0.610. The average Bonchev–Trinajstić information content (AvgIpc) is 3.72. The molecule has 1 unspecified atom stereocenters. The summed E-state index contributed by atoms with van der Waals surface area (Å²) in [6.07, 6.45) is 6.47. The summed E-state index contributed by atoms with van der Waals surface area (Å²) in [5.41, 5.74) is 4.15. The highest BCUT2D eigenvalue weighted by atomic mass is 35.5. The number of nitrogens with zero attached hydrogens (tertiary/aromatic N) is 5. The molecule has 2 N–H and O–H groups in total. The van der Waals surface area contributed by atoms with Crippen molar-refractivity contribution < 1.29 is 4.39 Å². The van der Waals surface area contributed by atoms with Crippen molar-refractivity contribution >= 4 is 41.7 Å². The number of aromatic nitrogens is 4. The van der Waals surface area contributed by atoms with Crippen molar-refractivity contribution in [2.24, 2.45) is 0 Å². The summed E-state index contributed by atoms with van der Waals surface area (Å²) in [4.78, 5) is 4.52. The van der Waals surface area contributed by atoms with Gasteiger partial charge in [0.2, 0.25) is 0 Å². The van der Waals surface area contributed by atoms with Gasteiger partial charge in [-0.2, -0.15) is 5.26 Å². The van der Waals surface area contributed by atoms with Crippen molar-refractivity contribution in [2.75, 3.05) is 10.6 Å². The number of nitrogens with one attached hydrogen (secondary N) is 2. The van der Waals surface area contributed by atoms with Gasteiger partial charge in [-0.25, -0.2) is 9.07 Å². The minimum absolute atomic E-state index is 0.0220. The van der Waals surface area contributed by atoms with Crippen LogP contribution in [0.25, 0.3) is 10.9 Å². The Morgan fingerprint density at radius 2 is 1.93 bits per heavy atom. The zero-order valence-corrected chi connectivity index (χ0v) is 23.5. The molecular weight excluding hydrogens is 536 g/mol. The van der Waals surface area contributed by atoms with Crippen LogP contribution in [0, 0.1) is 17.1 Å². The van der Waals surface area contributed by atoms with Crippen molar-refractivity contribution in [3.63, 3.8) is 0 Å². The van der Waals surface area contributed by atoms with Gasteiger partial charge in [0.15, 0.2) is 0 Å². The Labute approximate surface area is 243 Å². The van der Waals surface area contributed by atoms with Crippen LogP contribution in [0.2, 0.25) is 5.02 Å².